The Morgan fingerprint density at radius 1 is 1.40 bits per heavy atom. The van der Waals surface area contributed by atoms with Gasteiger partial charge in [-0.05, 0) is 30.5 Å². The van der Waals surface area contributed by atoms with Gasteiger partial charge in [-0.25, -0.2) is 0 Å². The third-order valence-corrected chi connectivity index (χ3v) is 2.55. The topological polar surface area (TPSA) is 89.3 Å². The molecule has 0 aromatic heterocycles. The molecule has 0 aliphatic heterocycles. The number of carboxylic acids is 1. The Morgan fingerprint density at radius 3 is 2.20 bits per heavy atom. The lowest BCUT2D eigenvalue weighted by Gasteiger charge is -2.13. The minimum absolute atomic E-state index is 0.0954. The Bertz CT molecular complexity index is 365. The molecule has 4 nitrogen and oxygen atoms in total. The van der Waals surface area contributed by atoms with E-state index < -0.39 is 11.9 Å². The Hall–Kier alpha value is -1.55. The summed E-state index contributed by atoms with van der Waals surface area (Å²) in [4.78, 5) is 10.9. The Morgan fingerprint density at radius 2 is 1.87 bits per heavy atom. The lowest BCUT2D eigenvalue weighted by molar-refractivity contribution is -0.138. The third kappa shape index (κ3) is 2.27. The van der Waals surface area contributed by atoms with Crippen LogP contribution >= 0.6 is 0 Å². The summed E-state index contributed by atoms with van der Waals surface area (Å²) < 4.78 is 0. The summed E-state index contributed by atoms with van der Waals surface area (Å²) in [6.07, 6.45) is 0. The maximum absolute atomic E-state index is 10.9. The van der Waals surface area contributed by atoms with Gasteiger partial charge in [0.15, 0.2) is 0 Å². The molecule has 0 aliphatic rings. The summed E-state index contributed by atoms with van der Waals surface area (Å²) >= 11 is 0. The molecule has 0 fully saturated rings. The van der Waals surface area contributed by atoms with E-state index in [4.69, 9.17) is 16.6 Å². The van der Waals surface area contributed by atoms with E-state index in [0.717, 1.165) is 11.1 Å². The predicted molar refractivity (Wildman–Crippen MR) is 59.8 cm³/mol. The number of benzene rings is 1. The number of nitrogens with two attached hydrogens (primary N) is 2. The van der Waals surface area contributed by atoms with Gasteiger partial charge in [0.2, 0.25) is 0 Å². The molecule has 0 saturated heterocycles. The van der Waals surface area contributed by atoms with Crippen LogP contribution in [0.4, 0.5) is 5.69 Å². The molecule has 15 heavy (non-hydrogen) atoms. The summed E-state index contributed by atoms with van der Waals surface area (Å²) in [5.41, 5.74) is 14.4. The van der Waals surface area contributed by atoms with Gasteiger partial charge in [0.1, 0.15) is 0 Å². The number of hydrogen-bond donors (Lipinski definition) is 3. The van der Waals surface area contributed by atoms with Crippen molar-refractivity contribution in [1.29, 1.82) is 0 Å². The van der Waals surface area contributed by atoms with Gasteiger partial charge in [0, 0.05) is 12.2 Å². The molecule has 1 unspecified atom stereocenters. The number of carbonyl (C=O) groups is 1. The Balaban J connectivity index is 3.20. The SMILES string of the molecule is Cc1cc(C(CN)C(=O)O)cc(C)c1N. The molecule has 0 saturated carbocycles. The van der Waals surface area contributed by atoms with Crippen molar-refractivity contribution in [2.75, 3.05) is 12.3 Å². The van der Waals surface area contributed by atoms with Gasteiger partial charge >= 0.3 is 5.97 Å². The molecule has 82 valence electrons. The number of carboxylic acid groups (broad SMARTS) is 1. The highest BCUT2D eigenvalue weighted by Gasteiger charge is 2.18. The van der Waals surface area contributed by atoms with E-state index in [2.05, 4.69) is 0 Å². The molecule has 1 aromatic carbocycles. The first-order chi connectivity index (χ1) is 6.97. The Labute approximate surface area is 88.9 Å². The summed E-state index contributed by atoms with van der Waals surface area (Å²) in [7, 11) is 0. The van der Waals surface area contributed by atoms with E-state index in [1.807, 2.05) is 13.8 Å². The fraction of sp³-hybridized carbons (Fsp3) is 0.364. The highest BCUT2D eigenvalue weighted by molar-refractivity contribution is 5.77. The predicted octanol–water partition coefficient (Wildman–Crippen LogP) is 1.01. The standard InChI is InChI=1S/C11H16N2O2/c1-6-3-8(4-7(2)10(6)13)9(5-12)11(14)15/h3-4,9H,5,12-13H2,1-2H3,(H,14,15). The smallest absolute Gasteiger partial charge is 0.312 e. The van der Waals surface area contributed by atoms with E-state index in [-0.39, 0.29) is 6.54 Å². The van der Waals surface area contributed by atoms with E-state index in [1.165, 1.54) is 0 Å². The van der Waals surface area contributed by atoms with Crippen LogP contribution in [-0.2, 0) is 4.79 Å². The second kappa shape index (κ2) is 4.31. The van der Waals surface area contributed by atoms with Gasteiger partial charge in [0.25, 0.3) is 0 Å². The Kier molecular flexibility index (Phi) is 3.31. The molecule has 0 bridgehead atoms. The zero-order valence-electron chi connectivity index (χ0n) is 8.95. The fourth-order valence-corrected chi connectivity index (χ4v) is 1.59. The third-order valence-electron chi connectivity index (χ3n) is 2.55. The first kappa shape index (κ1) is 11.5. The molecule has 4 heteroatoms. The number of nitrogen functional groups attached to an aromatic ring is 1. The minimum atomic E-state index is -0.902. The molecule has 5 N–H and O–H groups in total. The van der Waals surface area contributed by atoms with Crippen molar-refractivity contribution in [2.45, 2.75) is 19.8 Å². The van der Waals surface area contributed by atoms with E-state index in [9.17, 15) is 4.79 Å². The molecule has 0 spiro atoms. The van der Waals surface area contributed by atoms with Crippen LogP contribution in [0.5, 0.6) is 0 Å². The van der Waals surface area contributed by atoms with E-state index >= 15 is 0 Å². The van der Waals surface area contributed by atoms with E-state index in [0.29, 0.717) is 11.3 Å². The average molecular weight is 208 g/mol. The molecule has 1 atom stereocenters. The van der Waals surface area contributed by atoms with Gasteiger partial charge in [0.05, 0.1) is 5.92 Å². The highest BCUT2D eigenvalue weighted by Crippen LogP contribution is 2.23. The van der Waals surface area contributed by atoms with Crippen LogP contribution in [-0.4, -0.2) is 17.6 Å². The maximum Gasteiger partial charge on any atom is 0.312 e. The average Bonchev–Trinajstić information content (AvgIpc) is 2.14. The second-order valence-corrected chi connectivity index (χ2v) is 3.69. The van der Waals surface area contributed by atoms with Crippen molar-refractivity contribution >= 4 is 11.7 Å². The normalized spacial score (nSPS) is 12.5. The van der Waals surface area contributed by atoms with Crippen molar-refractivity contribution in [2.24, 2.45) is 5.73 Å². The monoisotopic (exact) mass is 208 g/mol. The number of aliphatic carboxylic acids is 1. The van der Waals surface area contributed by atoms with Crippen LogP contribution in [0, 0.1) is 13.8 Å². The van der Waals surface area contributed by atoms with Crippen LogP contribution in [0.25, 0.3) is 0 Å². The van der Waals surface area contributed by atoms with Crippen molar-refractivity contribution in [3.8, 4) is 0 Å². The lowest BCUT2D eigenvalue weighted by Crippen LogP contribution is -2.21. The van der Waals surface area contributed by atoms with Gasteiger partial charge < -0.3 is 16.6 Å². The molecular weight excluding hydrogens is 192 g/mol. The number of anilines is 1. The first-order valence-corrected chi connectivity index (χ1v) is 4.76. The van der Waals surface area contributed by atoms with Gasteiger partial charge in [-0.15, -0.1) is 0 Å². The van der Waals surface area contributed by atoms with Gasteiger partial charge in [-0.2, -0.15) is 0 Å². The van der Waals surface area contributed by atoms with Crippen LogP contribution in [0.2, 0.25) is 0 Å². The summed E-state index contributed by atoms with van der Waals surface area (Å²) in [5.74, 6) is -1.55. The molecule has 1 aromatic rings. The fourth-order valence-electron chi connectivity index (χ4n) is 1.59. The molecule has 0 radical (unpaired) electrons. The number of rotatable bonds is 3. The molecule has 1 rings (SSSR count). The van der Waals surface area contributed by atoms with Crippen LogP contribution < -0.4 is 11.5 Å². The van der Waals surface area contributed by atoms with Crippen molar-refractivity contribution in [3.63, 3.8) is 0 Å². The zero-order chi connectivity index (χ0) is 11.6. The van der Waals surface area contributed by atoms with Gasteiger partial charge in [-0.1, -0.05) is 12.1 Å². The number of hydrogen-bond acceptors (Lipinski definition) is 3. The quantitative estimate of drug-likeness (QED) is 0.647. The molecule has 0 aliphatic carbocycles. The van der Waals surface area contributed by atoms with Crippen molar-refractivity contribution < 1.29 is 9.90 Å². The molecule has 0 heterocycles. The molecular formula is C11H16N2O2. The van der Waals surface area contributed by atoms with Crippen LogP contribution in [0.1, 0.15) is 22.6 Å². The first-order valence-electron chi connectivity index (χ1n) is 4.76. The van der Waals surface area contributed by atoms with Crippen LogP contribution in [0.15, 0.2) is 12.1 Å². The lowest BCUT2D eigenvalue weighted by atomic mass is 9.94. The second-order valence-electron chi connectivity index (χ2n) is 3.69. The van der Waals surface area contributed by atoms with Gasteiger partial charge in [-0.3, -0.25) is 4.79 Å². The van der Waals surface area contributed by atoms with Crippen molar-refractivity contribution in [3.05, 3.63) is 28.8 Å². The number of aryl methyl sites for hydroxylation is 2. The summed E-state index contributed by atoms with van der Waals surface area (Å²) in [6, 6.07) is 3.57. The maximum atomic E-state index is 10.9. The van der Waals surface area contributed by atoms with Crippen molar-refractivity contribution in [1.82, 2.24) is 0 Å². The summed E-state index contributed by atoms with van der Waals surface area (Å²) in [5, 5.41) is 8.97. The van der Waals surface area contributed by atoms with E-state index in [1.54, 1.807) is 12.1 Å². The zero-order valence-corrected chi connectivity index (χ0v) is 8.95. The van der Waals surface area contributed by atoms with Crippen LogP contribution in [0.3, 0.4) is 0 Å². The molecule has 0 amide bonds. The largest absolute Gasteiger partial charge is 0.481 e. The summed E-state index contributed by atoms with van der Waals surface area (Å²) in [6.45, 7) is 3.82. The highest BCUT2D eigenvalue weighted by atomic mass is 16.4. The minimum Gasteiger partial charge on any atom is -0.481 e.